The second-order valence-electron chi connectivity index (χ2n) is 3.84. The van der Waals surface area contributed by atoms with Crippen molar-refractivity contribution in [3.63, 3.8) is 0 Å². The molecule has 0 spiro atoms. The highest BCUT2D eigenvalue weighted by molar-refractivity contribution is 9.10. The number of non-ortho nitro benzene ring substituents is 1. The van der Waals surface area contributed by atoms with E-state index in [1.54, 1.807) is 0 Å². The number of thiophene rings is 1. The van der Waals surface area contributed by atoms with Gasteiger partial charge in [-0.2, -0.15) is 0 Å². The summed E-state index contributed by atoms with van der Waals surface area (Å²) >= 11 is 4.88. The van der Waals surface area contributed by atoms with Crippen LogP contribution in [0.1, 0.15) is 4.88 Å². The molecular weight excluding hydrogens is 346 g/mol. The van der Waals surface area contributed by atoms with Gasteiger partial charge in [-0.05, 0) is 34.1 Å². The minimum Gasteiger partial charge on any atom is -0.333 e. The van der Waals surface area contributed by atoms with Crippen molar-refractivity contribution in [3.05, 3.63) is 55.2 Å². The molecule has 2 amide bonds. The summed E-state index contributed by atoms with van der Waals surface area (Å²) in [5.41, 5.74) is 0.486. The molecular formula is C12H10BrN3O3S. The third kappa shape index (κ3) is 4.04. The van der Waals surface area contributed by atoms with Crippen LogP contribution >= 0.6 is 27.3 Å². The average Bonchev–Trinajstić information content (AvgIpc) is 2.83. The average molecular weight is 356 g/mol. The first kappa shape index (κ1) is 14.5. The van der Waals surface area contributed by atoms with Gasteiger partial charge in [-0.15, -0.1) is 11.3 Å². The molecule has 0 unspecified atom stereocenters. The first-order valence-electron chi connectivity index (χ1n) is 5.57. The number of nitrogens with one attached hydrogen (secondary N) is 2. The number of hydrogen-bond donors (Lipinski definition) is 2. The maximum Gasteiger partial charge on any atom is 0.319 e. The zero-order valence-electron chi connectivity index (χ0n) is 10.1. The largest absolute Gasteiger partial charge is 0.333 e. The quantitative estimate of drug-likeness (QED) is 0.647. The van der Waals surface area contributed by atoms with E-state index in [9.17, 15) is 14.9 Å². The van der Waals surface area contributed by atoms with Crippen LogP contribution in [0, 0.1) is 10.1 Å². The molecule has 1 aromatic carbocycles. The predicted octanol–water partition coefficient (Wildman–Crippen LogP) is 3.74. The van der Waals surface area contributed by atoms with Gasteiger partial charge in [0.15, 0.2) is 0 Å². The number of carbonyl (C=O) groups is 1. The normalized spacial score (nSPS) is 10.1. The molecule has 2 aromatic rings. The van der Waals surface area contributed by atoms with Crippen LogP contribution in [0.15, 0.2) is 40.2 Å². The van der Waals surface area contributed by atoms with Crippen molar-refractivity contribution >= 4 is 44.7 Å². The van der Waals surface area contributed by atoms with Gasteiger partial charge in [0.1, 0.15) is 0 Å². The van der Waals surface area contributed by atoms with E-state index in [1.165, 1.54) is 35.6 Å². The van der Waals surface area contributed by atoms with Gasteiger partial charge in [-0.25, -0.2) is 4.79 Å². The summed E-state index contributed by atoms with van der Waals surface area (Å²) in [6.07, 6.45) is 0. The lowest BCUT2D eigenvalue weighted by molar-refractivity contribution is -0.384. The van der Waals surface area contributed by atoms with Gasteiger partial charge in [0, 0.05) is 32.6 Å². The molecule has 0 bridgehead atoms. The molecule has 1 heterocycles. The maximum atomic E-state index is 11.6. The highest BCUT2D eigenvalue weighted by Crippen LogP contribution is 2.19. The lowest BCUT2D eigenvalue weighted by Crippen LogP contribution is -2.27. The molecule has 6 nitrogen and oxygen atoms in total. The number of amides is 2. The van der Waals surface area contributed by atoms with Crippen molar-refractivity contribution in [1.29, 1.82) is 0 Å². The van der Waals surface area contributed by atoms with E-state index >= 15 is 0 Å². The third-order valence-corrected chi connectivity index (χ3v) is 4.08. The number of nitro benzene ring substituents is 1. The van der Waals surface area contributed by atoms with E-state index in [2.05, 4.69) is 26.6 Å². The zero-order valence-corrected chi connectivity index (χ0v) is 12.5. The monoisotopic (exact) mass is 355 g/mol. The van der Waals surface area contributed by atoms with Crippen LogP contribution in [0.4, 0.5) is 16.2 Å². The van der Waals surface area contributed by atoms with Gasteiger partial charge in [0.2, 0.25) is 0 Å². The van der Waals surface area contributed by atoms with Gasteiger partial charge >= 0.3 is 6.03 Å². The van der Waals surface area contributed by atoms with E-state index in [-0.39, 0.29) is 11.7 Å². The molecule has 1 aromatic heterocycles. The number of nitrogens with zero attached hydrogens (tertiary/aromatic N) is 1. The molecule has 0 saturated carbocycles. The minimum absolute atomic E-state index is 0.0145. The van der Waals surface area contributed by atoms with Crippen LogP contribution in [0.25, 0.3) is 0 Å². The van der Waals surface area contributed by atoms with E-state index in [1.807, 2.05) is 11.4 Å². The Morgan fingerprint density at radius 2 is 2.05 bits per heavy atom. The summed E-state index contributed by atoms with van der Waals surface area (Å²) < 4.78 is 0.982. The summed E-state index contributed by atoms with van der Waals surface area (Å²) in [6.45, 7) is 0.426. The van der Waals surface area contributed by atoms with Crippen LogP contribution in [-0.2, 0) is 6.54 Å². The Morgan fingerprint density at radius 3 is 2.60 bits per heavy atom. The van der Waals surface area contributed by atoms with Crippen LogP contribution < -0.4 is 10.6 Å². The minimum atomic E-state index is -0.488. The van der Waals surface area contributed by atoms with E-state index in [4.69, 9.17) is 0 Å². The Hall–Kier alpha value is -1.93. The second-order valence-corrected chi connectivity index (χ2v) is 5.75. The molecule has 2 N–H and O–H groups in total. The Balaban J connectivity index is 1.86. The van der Waals surface area contributed by atoms with Gasteiger partial charge in [0.25, 0.3) is 5.69 Å². The van der Waals surface area contributed by atoms with Crippen molar-refractivity contribution in [2.75, 3.05) is 5.32 Å². The van der Waals surface area contributed by atoms with Gasteiger partial charge in [-0.3, -0.25) is 10.1 Å². The van der Waals surface area contributed by atoms with E-state index < -0.39 is 4.92 Å². The van der Waals surface area contributed by atoms with Crippen LogP contribution in [0.3, 0.4) is 0 Å². The lowest BCUT2D eigenvalue weighted by atomic mass is 10.3. The summed E-state index contributed by atoms with van der Waals surface area (Å²) in [5.74, 6) is 0. The fraction of sp³-hybridized carbons (Fsp3) is 0.0833. The Morgan fingerprint density at radius 1 is 1.35 bits per heavy atom. The predicted molar refractivity (Wildman–Crippen MR) is 81.0 cm³/mol. The number of hydrogen-bond acceptors (Lipinski definition) is 4. The number of benzene rings is 1. The van der Waals surface area contributed by atoms with E-state index in [0.717, 1.165) is 9.35 Å². The first-order valence-corrected chi connectivity index (χ1v) is 7.24. The highest BCUT2D eigenvalue weighted by Gasteiger charge is 2.06. The SMILES string of the molecule is O=C(NCc1cc(Br)cs1)Nc1ccc([N+](=O)[O-])cc1. The fourth-order valence-corrected chi connectivity index (χ4v) is 2.85. The number of nitro groups is 1. The van der Waals surface area contributed by atoms with Crippen molar-refractivity contribution in [2.45, 2.75) is 6.54 Å². The number of urea groups is 1. The van der Waals surface area contributed by atoms with Gasteiger partial charge in [0.05, 0.1) is 11.5 Å². The van der Waals surface area contributed by atoms with Crippen molar-refractivity contribution in [1.82, 2.24) is 5.32 Å². The summed E-state index contributed by atoms with van der Waals surface area (Å²) in [4.78, 5) is 22.7. The van der Waals surface area contributed by atoms with Crippen LogP contribution in [-0.4, -0.2) is 11.0 Å². The summed E-state index contributed by atoms with van der Waals surface area (Å²) in [5, 5.41) is 17.7. The number of rotatable bonds is 4. The molecule has 0 aliphatic rings. The van der Waals surface area contributed by atoms with Gasteiger partial charge in [-0.1, -0.05) is 0 Å². The Bertz CT molecular complexity index is 627. The third-order valence-electron chi connectivity index (χ3n) is 2.38. The molecule has 0 aliphatic carbocycles. The molecule has 0 atom stereocenters. The zero-order chi connectivity index (χ0) is 14.5. The van der Waals surface area contributed by atoms with Crippen LogP contribution in [0.5, 0.6) is 0 Å². The topological polar surface area (TPSA) is 84.3 Å². The van der Waals surface area contributed by atoms with Crippen molar-refractivity contribution in [2.24, 2.45) is 0 Å². The molecule has 104 valence electrons. The van der Waals surface area contributed by atoms with Gasteiger partial charge < -0.3 is 10.6 Å². The standard InChI is InChI=1S/C12H10BrN3O3S/c13-8-5-11(20-7-8)6-14-12(17)15-9-1-3-10(4-2-9)16(18)19/h1-5,7H,6H2,(H2,14,15,17). The van der Waals surface area contributed by atoms with Crippen LogP contribution in [0.2, 0.25) is 0 Å². The van der Waals surface area contributed by atoms with Crippen molar-refractivity contribution < 1.29 is 9.72 Å². The summed E-state index contributed by atoms with van der Waals surface area (Å²) in [7, 11) is 0. The first-order chi connectivity index (χ1) is 9.54. The summed E-state index contributed by atoms with van der Waals surface area (Å²) in [6, 6.07) is 7.22. The molecule has 0 radical (unpaired) electrons. The molecule has 20 heavy (non-hydrogen) atoms. The number of halogens is 1. The molecule has 0 fully saturated rings. The lowest BCUT2D eigenvalue weighted by Gasteiger charge is -2.06. The molecule has 0 aliphatic heterocycles. The van der Waals surface area contributed by atoms with E-state index in [0.29, 0.717) is 12.2 Å². The number of anilines is 1. The van der Waals surface area contributed by atoms with Crippen molar-refractivity contribution in [3.8, 4) is 0 Å². The smallest absolute Gasteiger partial charge is 0.319 e. The second kappa shape index (κ2) is 6.49. The molecule has 8 heteroatoms. The highest BCUT2D eigenvalue weighted by atomic mass is 79.9. The maximum absolute atomic E-state index is 11.6. The fourth-order valence-electron chi connectivity index (χ4n) is 1.46. The number of carbonyl (C=O) groups excluding carboxylic acids is 1. The molecule has 0 saturated heterocycles. The molecule has 2 rings (SSSR count). The Labute approximate surface area is 127 Å². The Kier molecular flexibility index (Phi) is 4.70.